The molecular weight excluding hydrogens is 782 g/mol. The Balaban J connectivity index is 1.13. The number of hydrogen-bond donors (Lipinski definition) is 4. The Labute approximate surface area is 351 Å². The molecule has 4 N–H and O–H groups in total. The SMILES string of the molecule is CC(C)(c1cccc(C(C)(C)C2CCC(c3ccc(O)c(Cl)c3)(c3ccc(O)c(Cl)c3)CC2)c1)C1CCC(c2ccc(O)c(Cl)c2)(c2ccc(O)c(Cl)c2)CC1. The van der Waals surface area contributed by atoms with Crippen LogP contribution in [-0.2, 0) is 21.7 Å². The largest absolute Gasteiger partial charge is 0.506 e. The zero-order valence-corrected chi connectivity index (χ0v) is 35.4. The van der Waals surface area contributed by atoms with Gasteiger partial charge in [0.15, 0.2) is 0 Å². The van der Waals surface area contributed by atoms with E-state index in [1.54, 1.807) is 24.3 Å². The van der Waals surface area contributed by atoms with E-state index in [2.05, 4.69) is 52.0 Å². The van der Waals surface area contributed by atoms with E-state index in [1.807, 2.05) is 48.5 Å². The van der Waals surface area contributed by atoms with Gasteiger partial charge in [-0.15, -0.1) is 0 Å². The van der Waals surface area contributed by atoms with Crippen LogP contribution in [0, 0.1) is 11.8 Å². The highest BCUT2D eigenvalue weighted by molar-refractivity contribution is 6.33. The van der Waals surface area contributed by atoms with E-state index in [9.17, 15) is 20.4 Å². The summed E-state index contributed by atoms with van der Waals surface area (Å²) in [6, 6.07) is 31.3. The third-order valence-corrected chi connectivity index (χ3v) is 15.3. The fourth-order valence-corrected chi connectivity index (χ4v) is 10.9. The minimum atomic E-state index is -0.363. The van der Waals surface area contributed by atoms with Crippen LogP contribution in [0.4, 0.5) is 0 Å². The molecule has 56 heavy (non-hydrogen) atoms. The van der Waals surface area contributed by atoms with Crippen LogP contribution in [0.1, 0.15) is 112 Å². The molecule has 7 rings (SSSR count). The average molecular weight is 833 g/mol. The van der Waals surface area contributed by atoms with Crippen LogP contribution in [0.2, 0.25) is 20.1 Å². The van der Waals surface area contributed by atoms with Gasteiger partial charge >= 0.3 is 0 Å². The van der Waals surface area contributed by atoms with E-state index in [-0.39, 0.29) is 44.7 Å². The lowest BCUT2D eigenvalue weighted by molar-refractivity contribution is 0.184. The van der Waals surface area contributed by atoms with Gasteiger partial charge in [-0.25, -0.2) is 0 Å². The van der Waals surface area contributed by atoms with E-state index < -0.39 is 0 Å². The first-order chi connectivity index (χ1) is 26.5. The lowest BCUT2D eigenvalue weighted by Gasteiger charge is -2.47. The van der Waals surface area contributed by atoms with Crippen molar-refractivity contribution in [3.05, 3.63) is 151 Å². The Hall–Kier alpha value is -3.54. The maximum absolute atomic E-state index is 10.3. The highest BCUT2D eigenvalue weighted by atomic mass is 35.5. The molecule has 5 aromatic carbocycles. The first-order valence-electron chi connectivity index (χ1n) is 19.5. The first kappa shape index (κ1) is 40.6. The monoisotopic (exact) mass is 830 g/mol. The fraction of sp³-hybridized carbons (Fsp3) is 0.375. The van der Waals surface area contributed by atoms with Crippen LogP contribution < -0.4 is 0 Å². The van der Waals surface area contributed by atoms with E-state index in [0.717, 1.165) is 73.6 Å². The third kappa shape index (κ3) is 7.25. The summed E-state index contributed by atoms with van der Waals surface area (Å²) in [5.74, 6) is 1.07. The van der Waals surface area contributed by atoms with Gasteiger partial charge in [0.25, 0.3) is 0 Å². The Morgan fingerprint density at radius 2 is 0.696 bits per heavy atom. The van der Waals surface area contributed by atoms with Crippen LogP contribution in [-0.4, -0.2) is 20.4 Å². The molecule has 4 nitrogen and oxygen atoms in total. The molecule has 0 bridgehead atoms. The number of halogens is 4. The van der Waals surface area contributed by atoms with Crippen LogP contribution in [0.5, 0.6) is 23.0 Å². The van der Waals surface area contributed by atoms with Crippen molar-refractivity contribution in [1.82, 2.24) is 0 Å². The summed E-state index contributed by atoms with van der Waals surface area (Å²) in [6.45, 7) is 9.52. The van der Waals surface area contributed by atoms with E-state index in [0.29, 0.717) is 31.9 Å². The molecule has 0 spiro atoms. The molecule has 0 aliphatic heterocycles. The molecule has 0 amide bonds. The zero-order chi connectivity index (χ0) is 40.2. The lowest BCUT2D eigenvalue weighted by Crippen LogP contribution is -2.40. The fourth-order valence-electron chi connectivity index (χ4n) is 10.2. The molecule has 0 atom stereocenters. The number of aromatic hydroxyl groups is 4. The van der Waals surface area contributed by atoms with Gasteiger partial charge in [-0.05, 0) is 156 Å². The Bertz CT molecular complexity index is 1990. The summed E-state index contributed by atoms with van der Waals surface area (Å²) < 4.78 is 0. The van der Waals surface area contributed by atoms with Crippen molar-refractivity contribution in [2.24, 2.45) is 11.8 Å². The van der Waals surface area contributed by atoms with Gasteiger partial charge < -0.3 is 20.4 Å². The number of benzene rings is 5. The molecular formula is C48H50Cl4O4. The standard InChI is InChI=1S/C48H50Cl4O4/c1-45(2,29-16-20-47(21-17-29,33-8-12-41(53)37(49)25-33)34-9-13-42(54)38(50)26-34)31-6-5-7-32(24-31)46(3,4)30-18-22-48(23-19-30,35-10-14-43(55)39(51)27-35)36-11-15-44(56)40(52)28-36/h5-15,24-30,53-56H,16-23H2,1-4H3. The highest BCUT2D eigenvalue weighted by Gasteiger charge is 2.46. The highest BCUT2D eigenvalue weighted by Crippen LogP contribution is 2.55. The van der Waals surface area contributed by atoms with Crippen molar-refractivity contribution in [2.45, 2.75) is 101 Å². The Kier molecular flexibility index (Phi) is 11.1. The lowest BCUT2D eigenvalue weighted by atomic mass is 9.57. The van der Waals surface area contributed by atoms with Gasteiger partial charge in [0.1, 0.15) is 23.0 Å². The minimum Gasteiger partial charge on any atom is -0.506 e. The van der Waals surface area contributed by atoms with E-state index in [4.69, 9.17) is 46.4 Å². The molecule has 0 aromatic heterocycles. The maximum atomic E-state index is 10.3. The van der Waals surface area contributed by atoms with Gasteiger partial charge in [0.05, 0.1) is 20.1 Å². The smallest absolute Gasteiger partial charge is 0.134 e. The van der Waals surface area contributed by atoms with Crippen molar-refractivity contribution in [1.29, 1.82) is 0 Å². The van der Waals surface area contributed by atoms with Gasteiger partial charge in [0.2, 0.25) is 0 Å². The van der Waals surface area contributed by atoms with Crippen molar-refractivity contribution in [3.63, 3.8) is 0 Å². The van der Waals surface area contributed by atoms with Gasteiger partial charge in [-0.2, -0.15) is 0 Å². The van der Waals surface area contributed by atoms with Crippen molar-refractivity contribution >= 4 is 46.4 Å². The molecule has 2 aliphatic rings. The maximum Gasteiger partial charge on any atom is 0.134 e. The first-order valence-corrected chi connectivity index (χ1v) is 21.1. The molecule has 294 valence electrons. The van der Waals surface area contributed by atoms with Gasteiger partial charge in [0, 0.05) is 10.8 Å². The molecule has 0 saturated heterocycles. The third-order valence-electron chi connectivity index (χ3n) is 14.1. The van der Waals surface area contributed by atoms with E-state index >= 15 is 0 Å². The number of hydrogen-bond acceptors (Lipinski definition) is 4. The topological polar surface area (TPSA) is 80.9 Å². The minimum absolute atomic E-state index is 0.0593. The predicted octanol–water partition coefficient (Wildman–Crippen LogP) is 14.0. The molecule has 0 radical (unpaired) electrons. The Morgan fingerprint density at radius 1 is 0.429 bits per heavy atom. The van der Waals surface area contributed by atoms with Crippen molar-refractivity contribution < 1.29 is 20.4 Å². The Morgan fingerprint density at radius 3 is 0.946 bits per heavy atom. The average Bonchev–Trinajstić information content (AvgIpc) is 3.19. The molecule has 0 heterocycles. The summed E-state index contributed by atoms with van der Waals surface area (Å²) in [6.07, 6.45) is 7.40. The predicted molar refractivity (Wildman–Crippen MR) is 230 cm³/mol. The second-order valence-electron chi connectivity index (χ2n) is 17.4. The molecule has 0 unspecified atom stereocenters. The number of phenols is 4. The summed E-state index contributed by atoms with van der Waals surface area (Å²) in [5, 5.41) is 42.3. The molecule has 2 fully saturated rings. The van der Waals surface area contributed by atoms with Crippen molar-refractivity contribution in [2.75, 3.05) is 0 Å². The van der Waals surface area contributed by atoms with Crippen LogP contribution >= 0.6 is 46.4 Å². The molecule has 2 saturated carbocycles. The quantitative estimate of drug-likeness (QED) is 0.126. The number of rotatable bonds is 8. The normalized spacial score (nSPS) is 17.9. The van der Waals surface area contributed by atoms with Gasteiger partial charge in [-0.3, -0.25) is 0 Å². The van der Waals surface area contributed by atoms with E-state index in [1.165, 1.54) is 11.1 Å². The summed E-state index contributed by atoms with van der Waals surface area (Å²) in [5.41, 5.74) is 5.91. The van der Waals surface area contributed by atoms with Crippen LogP contribution in [0.15, 0.2) is 97.1 Å². The van der Waals surface area contributed by atoms with Crippen LogP contribution in [0.25, 0.3) is 0 Å². The summed E-state index contributed by atoms with van der Waals surface area (Å²) in [7, 11) is 0. The van der Waals surface area contributed by atoms with Crippen molar-refractivity contribution in [3.8, 4) is 23.0 Å². The zero-order valence-electron chi connectivity index (χ0n) is 32.3. The van der Waals surface area contributed by atoms with Crippen LogP contribution in [0.3, 0.4) is 0 Å². The van der Waals surface area contributed by atoms with Gasteiger partial charge in [-0.1, -0.05) is 123 Å². The second kappa shape index (κ2) is 15.3. The molecule has 8 heteroatoms. The molecule has 2 aliphatic carbocycles. The second-order valence-corrected chi connectivity index (χ2v) is 19.0. The summed E-state index contributed by atoms with van der Waals surface area (Å²) in [4.78, 5) is 0. The molecule has 5 aromatic rings. The number of phenolic OH excluding ortho intramolecular Hbond substituents is 4. The summed E-state index contributed by atoms with van der Waals surface area (Å²) >= 11 is 25.9.